The molecule has 0 atom stereocenters. The van der Waals surface area contributed by atoms with Gasteiger partial charge in [0.15, 0.2) is 0 Å². The zero-order valence-corrected chi connectivity index (χ0v) is 12.1. The number of nitrogens with one attached hydrogen (secondary N) is 1. The topological polar surface area (TPSA) is 33.6 Å². The minimum absolute atomic E-state index is 0.691. The fourth-order valence-corrected chi connectivity index (χ4v) is 1.91. The fraction of sp³-hybridized carbons (Fsp3) is 0.125. The van der Waals surface area contributed by atoms with Crippen LogP contribution in [0.2, 0.25) is 0 Å². The summed E-state index contributed by atoms with van der Waals surface area (Å²) in [5.74, 6) is 0.828. The molecule has 0 aliphatic rings. The Balaban J connectivity index is 1.84. The second-order valence-corrected chi connectivity index (χ2v) is 4.72. The van der Waals surface area contributed by atoms with E-state index in [1.165, 1.54) is 5.56 Å². The van der Waals surface area contributed by atoms with Crippen molar-refractivity contribution in [2.24, 2.45) is 5.10 Å². The van der Waals surface area contributed by atoms with Gasteiger partial charge in [-0.2, -0.15) is 5.10 Å². The monoisotopic (exact) mass is 284 g/mol. The lowest BCUT2D eigenvalue weighted by Crippen LogP contribution is -2.17. The van der Waals surface area contributed by atoms with E-state index >= 15 is 0 Å². The van der Waals surface area contributed by atoms with E-state index in [9.17, 15) is 0 Å². The molecule has 0 spiro atoms. The molecule has 0 aromatic heterocycles. The van der Waals surface area contributed by atoms with E-state index in [-0.39, 0.29) is 0 Å². The largest absolute Gasteiger partial charge is 0.497 e. The highest BCUT2D eigenvalue weighted by Crippen LogP contribution is 2.09. The van der Waals surface area contributed by atoms with Crippen LogP contribution in [-0.4, -0.2) is 18.3 Å². The van der Waals surface area contributed by atoms with Crippen molar-refractivity contribution < 1.29 is 4.74 Å². The van der Waals surface area contributed by atoms with Crippen LogP contribution in [0.15, 0.2) is 59.7 Å². The van der Waals surface area contributed by atoms with Crippen molar-refractivity contribution in [3.8, 4) is 5.75 Å². The summed E-state index contributed by atoms with van der Waals surface area (Å²) in [4.78, 5) is 0.695. The molecule has 0 fully saturated rings. The molecule has 0 amide bonds. The van der Waals surface area contributed by atoms with Gasteiger partial charge in [-0.05, 0) is 35.4 Å². The van der Waals surface area contributed by atoms with Crippen molar-refractivity contribution in [2.45, 2.75) is 6.42 Å². The summed E-state index contributed by atoms with van der Waals surface area (Å²) in [7, 11) is 1.65. The molecule has 0 heterocycles. The Bertz CT molecular complexity index is 579. The fourth-order valence-electron chi connectivity index (χ4n) is 1.69. The molecule has 0 unspecified atom stereocenters. The molecule has 2 rings (SSSR count). The molecule has 102 valence electrons. The van der Waals surface area contributed by atoms with Gasteiger partial charge in [-0.1, -0.05) is 42.5 Å². The summed E-state index contributed by atoms with van der Waals surface area (Å²) >= 11 is 5.25. The molecule has 0 aliphatic carbocycles. The van der Waals surface area contributed by atoms with Crippen LogP contribution in [0.3, 0.4) is 0 Å². The average Bonchev–Trinajstić information content (AvgIpc) is 2.49. The molecule has 2 aromatic rings. The average molecular weight is 284 g/mol. The van der Waals surface area contributed by atoms with Crippen LogP contribution in [0.4, 0.5) is 0 Å². The smallest absolute Gasteiger partial charge is 0.118 e. The number of thiocarbonyl (C=S) groups is 1. The van der Waals surface area contributed by atoms with E-state index in [1.807, 2.05) is 54.6 Å². The zero-order valence-electron chi connectivity index (χ0n) is 11.2. The Morgan fingerprint density at radius 2 is 1.85 bits per heavy atom. The van der Waals surface area contributed by atoms with Crippen molar-refractivity contribution in [3.63, 3.8) is 0 Å². The van der Waals surface area contributed by atoms with Crippen LogP contribution < -0.4 is 10.2 Å². The molecule has 0 radical (unpaired) electrons. The zero-order chi connectivity index (χ0) is 14.2. The number of hydrazone groups is 1. The summed E-state index contributed by atoms with van der Waals surface area (Å²) in [5.41, 5.74) is 5.04. The number of benzene rings is 2. The third-order valence-corrected chi connectivity index (χ3v) is 2.96. The van der Waals surface area contributed by atoms with Gasteiger partial charge in [0.2, 0.25) is 0 Å². The number of hydrogen-bond donors (Lipinski definition) is 1. The van der Waals surface area contributed by atoms with E-state index in [0.717, 1.165) is 11.3 Å². The molecule has 1 N–H and O–H groups in total. The highest BCUT2D eigenvalue weighted by atomic mass is 32.1. The van der Waals surface area contributed by atoms with Crippen LogP contribution in [0.1, 0.15) is 11.1 Å². The number of nitrogens with zero attached hydrogens (tertiary/aromatic N) is 1. The first-order valence-electron chi connectivity index (χ1n) is 6.28. The van der Waals surface area contributed by atoms with Crippen molar-refractivity contribution >= 4 is 23.4 Å². The lowest BCUT2D eigenvalue weighted by atomic mass is 10.2. The van der Waals surface area contributed by atoms with Gasteiger partial charge in [0, 0.05) is 6.42 Å². The van der Waals surface area contributed by atoms with Crippen molar-refractivity contribution in [1.82, 2.24) is 5.43 Å². The summed E-state index contributed by atoms with van der Waals surface area (Å²) in [5, 5.41) is 4.14. The molecule has 0 aliphatic heterocycles. The molecular formula is C16H16N2OS. The second-order valence-electron chi connectivity index (χ2n) is 4.23. The Morgan fingerprint density at radius 3 is 2.50 bits per heavy atom. The number of rotatable bonds is 5. The lowest BCUT2D eigenvalue weighted by molar-refractivity contribution is 0.415. The number of methoxy groups -OCH3 is 1. The Morgan fingerprint density at radius 1 is 1.15 bits per heavy atom. The van der Waals surface area contributed by atoms with Gasteiger partial charge in [-0.3, -0.25) is 5.43 Å². The van der Waals surface area contributed by atoms with E-state index in [1.54, 1.807) is 13.3 Å². The first kappa shape index (κ1) is 14.2. The van der Waals surface area contributed by atoms with Gasteiger partial charge >= 0.3 is 0 Å². The third kappa shape index (κ3) is 4.48. The van der Waals surface area contributed by atoms with Gasteiger partial charge in [0.05, 0.1) is 13.3 Å². The van der Waals surface area contributed by atoms with Crippen molar-refractivity contribution in [1.29, 1.82) is 0 Å². The van der Waals surface area contributed by atoms with Gasteiger partial charge < -0.3 is 4.74 Å². The van der Waals surface area contributed by atoms with Gasteiger partial charge in [0.1, 0.15) is 10.7 Å². The highest BCUT2D eigenvalue weighted by molar-refractivity contribution is 7.80. The molecule has 2 aromatic carbocycles. The molecule has 0 saturated carbocycles. The van der Waals surface area contributed by atoms with Crippen molar-refractivity contribution in [2.75, 3.05) is 7.11 Å². The summed E-state index contributed by atoms with van der Waals surface area (Å²) < 4.78 is 5.10. The number of hydrogen-bond acceptors (Lipinski definition) is 3. The van der Waals surface area contributed by atoms with E-state index < -0.39 is 0 Å². The maximum absolute atomic E-state index is 5.25. The highest BCUT2D eigenvalue weighted by Gasteiger charge is 1.96. The van der Waals surface area contributed by atoms with E-state index in [4.69, 9.17) is 17.0 Å². The lowest BCUT2D eigenvalue weighted by Gasteiger charge is -2.03. The van der Waals surface area contributed by atoms with E-state index in [2.05, 4.69) is 10.5 Å². The summed E-state index contributed by atoms with van der Waals surface area (Å²) in [6, 6.07) is 17.7. The molecule has 3 nitrogen and oxygen atoms in total. The first-order chi connectivity index (χ1) is 9.78. The Labute approximate surface area is 124 Å². The quantitative estimate of drug-likeness (QED) is 0.520. The normalized spacial score (nSPS) is 10.4. The van der Waals surface area contributed by atoms with Crippen LogP contribution >= 0.6 is 12.2 Å². The first-order valence-corrected chi connectivity index (χ1v) is 6.68. The standard InChI is InChI=1S/C16H16N2OS/c1-19-15-9-7-14(8-10-15)12-17-18-16(20)11-13-5-3-2-4-6-13/h2-10,12H,11H2,1H3,(H,18,20)/b17-12+. The van der Waals surface area contributed by atoms with Gasteiger partial charge in [-0.15, -0.1) is 0 Å². The SMILES string of the molecule is COc1ccc(/C=N/NC(=S)Cc2ccccc2)cc1. The van der Waals surface area contributed by atoms with Crippen LogP contribution in [-0.2, 0) is 6.42 Å². The van der Waals surface area contributed by atoms with Gasteiger partial charge in [-0.25, -0.2) is 0 Å². The van der Waals surface area contributed by atoms with Crippen LogP contribution in [0.25, 0.3) is 0 Å². The minimum atomic E-state index is 0.691. The number of ether oxygens (including phenoxy) is 1. The molecule has 0 bridgehead atoms. The predicted molar refractivity (Wildman–Crippen MR) is 86.5 cm³/mol. The summed E-state index contributed by atoms with van der Waals surface area (Å²) in [6.45, 7) is 0. The Kier molecular flexibility index (Phi) is 5.26. The molecular weight excluding hydrogens is 268 g/mol. The molecule has 0 saturated heterocycles. The molecule has 4 heteroatoms. The van der Waals surface area contributed by atoms with Crippen molar-refractivity contribution in [3.05, 3.63) is 65.7 Å². The van der Waals surface area contributed by atoms with Crippen LogP contribution in [0.5, 0.6) is 5.75 Å². The maximum atomic E-state index is 5.25. The Hall–Kier alpha value is -2.20. The molecule has 20 heavy (non-hydrogen) atoms. The summed E-state index contributed by atoms with van der Waals surface area (Å²) in [6.07, 6.45) is 2.42. The third-order valence-electron chi connectivity index (χ3n) is 2.73. The maximum Gasteiger partial charge on any atom is 0.118 e. The van der Waals surface area contributed by atoms with E-state index in [0.29, 0.717) is 11.4 Å². The van der Waals surface area contributed by atoms with Crippen LogP contribution in [0, 0.1) is 0 Å². The predicted octanol–water partition coefficient (Wildman–Crippen LogP) is 3.19. The van der Waals surface area contributed by atoms with Gasteiger partial charge in [0.25, 0.3) is 0 Å². The second kappa shape index (κ2) is 7.40. The minimum Gasteiger partial charge on any atom is -0.497 e.